The highest BCUT2D eigenvalue weighted by Gasteiger charge is 2.44. The Morgan fingerprint density at radius 2 is 2.05 bits per heavy atom. The van der Waals surface area contributed by atoms with Gasteiger partial charge in [-0.3, -0.25) is 4.79 Å². The average Bonchev–Trinajstić information content (AvgIpc) is 3.12. The summed E-state index contributed by atoms with van der Waals surface area (Å²) in [5.74, 6) is 0.400. The van der Waals surface area contributed by atoms with Crippen LogP contribution in [0.3, 0.4) is 0 Å². The molecule has 2 aliphatic carbocycles. The van der Waals surface area contributed by atoms with Crippen LogP contribution in [0.1, 0.15) is 73.4 Å². The molecule has 0 radical (unpaired) electrons. The van der Waals surface area contributed by atoms with Gasteiger partial charge < -0.3 is 19.5 Å². The number of carbonyl (C=O) groups excluding carboxylic acids is 1. The molecule has 44 heavy (non-hydrogen) atoms. The Hall–Kier alpha value is -2.59. The molecule has 0 aromatic heterocycles. The molecule has 0 unspecified atom stereocenters. The fourth-order valence-electron chi connectivity index (χ4n) is 7.61. The standard InChI is InChI=1S/C34H43ClN2O6S/c1-22(42-2)16-27-7-3-4-8-31(38)28-12-9-25(28)19-37-20-34(15-5-6-23-17-26(35)11-13-29(23)34)21-43-32-14-10-24(18-30(32)37)33(39)36-44(27,40)41/h4,8,10-11,13-14,17-18,22,25,27-28,31,38H,3,5-7,9,12,15-16,19-21H2,1-2H3,(H,36,39)/b8-4+/t22-,25+,27-,28-,31+,34+/m1/s1. The maximum absolute atomic E-state index is 13.5. The summed E-state index contributed by atoms with van der Waals surface area (Å²) in [6.07, 6.45) is 8.73. The molecule has 2 aliphatic heterocycles. The monoisotopic (exact) mass is 642 g/mol. The topological polar surface area (TPSA) is 105 Å². The normalized spacial score (nSPS) is 31.4. The molecule has 2 aromatic carbocycles. The van der Waals surface area contributed by atoms with Gasteiger partial charge in [0.1, 0.15) is 5.75 Å². The number of rotatable bonds is 3. The second-order valence-corrected chi connectivity index (χ2v) is 15.6. The van der Waals surface area contributed by atoms with E-state index in [1.165, 1.54) is 11.1 Å². The molecule has 6 atom stereocenters. The van der Waals surface area contributed by atoms with E-state index in [0.29, 0.717) is 38.3 Å². The second kappa shape index (κ2) is 12.7. The van der Waals surface area contributed by atoms with Crippen molar-refractivity contribution >= 4 is 33.2 Å². The van der Waals surface area contributed by atoms with E-state index in [0.717, 1.165) is 42.8 Å². The minimum atomic E-state index is -4.01. The number of hydrogen-bond donors (Lipinski definition) is 2. The third-order valence-electron chi connectivity index (χ3n) is 10.3. The number of methoxy groups -OCH3 is 1. The van der Waals surface area contributed by atoms with Gasteiger partial charge in [0.05, 0.1) is 29.8 Å². The molecular weight excluding hydrogens is 600 g/mol. The molecule has 6 rings (SSSR count). The summed E-state index contributed by atoms with van der Waals surface area (Å²) in [7, 11) is -2.46. The largest absolute Gasteiger partial charge is 0.490 e. The first-order valence-corrected chi connectivity index (χ1v) is 17.8. The molecule has 238 valence electrons. The number of benzene rings is 2. The molecule has 1 amide bonds. The Bertz CT molecular complexity index is 1530. The van der Waals surface area contributed by atoms with E-state index in [4.69, 9.17) is 21.1 Å². The summed E-state index contributed by atoms with van der Waals surface area (Å²) in [5.41, 5.74) is 3.27. The Labute approximate surface area is 265 Å². The molecule has 1 saturated carbocycles. The van der Waals surface area contributed by atoms with Gasteiger partial charge in [-0.25, -0.2) is 13.1 Å². The summed E-state index contributed by atoms with van der Waals surface area (Å²) in [6.45, 7) is 3.70. The van der Waals surface area contributed by atoms with Crippen LogP contribution in [0.5, 0.6) is 5.75 Å². The second-order valence-electron chi connectivity index (χ2n) is 13.2. The van der Waals surface area contributed by atoms with Gasteiger partial charge >= 0.3 is 0 Å². The van der Waals surface area contributed by atoms with Crippen molar-refractivity contribution in [3.8, 4) is 5.75 Å². The van der Waals surface area contributed by atoms with Gasteiger partial charge in [-0.1, -0.05) is 29.8 Å². The van der Waals surface area contributed by atoms with Gasteiger partial charge in [0.15, 0.2) is 0 Å². The van der Waals surface area contributed by atoms with Crippen molar-refractivity contribution in [1.82, 2.24) is 4.72 Å². The van der Waals surface area contributed by atoms with E-state index < -0.39 is 27.3 Å². The van der Waals surface area contributed by atoms with Crippen LogP contribution in [-0.4, -0.2) is 63.7 Å². The van der Waals surface area contributed by atoms with E-state index in [1.54, 1.807) is 25.3 Å². The predicted octanol–water partition coefficient (Wildman–Crippen LogP) is 5.40. The maximum Gasteiger partial charge on any atom is 0.264 e. The zero-order valence-corrected chi connectivity index (χ0v) is 27.1. The van der Waals surface area contributed by atoms with E-state index in [9.17, 15) is 18.3 Å². The molecular formula is C34H43ClN2O6S. The molecule has 1 spiro atoms. The molecule has 2 aromatic rings. The predicted molar refractivity (Wildman–Crippen MR) is 172 cm³/mol. The van der Waals surface area contributed by atoms with Gasteiger partial charge in [-0.2, -0.15) is 0 Å². The zero-order chi connectivity index (χ0) is 31.1. The van der Waals surface area contributed by atoms with Crippen LogP contribution in [0.25, 0.3) is 0 Å². The first-order valence-electron chi connectivity index (χ1n) is 15.8. The maximum atomic E-state index is 13.5. The number of carbonyl (C=O) groups is 1. The highest BCUT2D eigenvalue weighted by Crippen LogP contribution is 2.46. The van der Waals surface area contributed by atoms with Crippen molar-refractivity contribution in [2.75, 3.05) is 31.7 Å². The Balaban J connectivity index is 1.40. The number of hydrogen-bond acceptors (Lipinski definition) is 7. The van der Waals surface area contributed by atoms with Crippen molar-refractivity contribution in [2.45, 2.75) is 81.2 Å². The fraction of sp³-hybridized carbons (Fsp3) is 0.559. The number of nitrogens with one attached hydrogen (secondary N) is 1. The Morgan fingerprint density at radius 1 is 1.20 bits per heavy atom. The van der Waals surface area contributed by atoms with Gasteiger partial charge in [0.25, 0.3) is 5.91 Å². The lowest BCUT2D eigenvalue weighted by Gasteiger charge is -2.45. The zero-order valence-electron chi connectivity index (χ0n) is 25.5. The molecule has 2 heterocycles. The van der Waals surface area contributed by atoms with E-state index in [2.05, 4.69) is 21.8 Å². The quantitative estimate of drug-likeness (QED) is 0.432. The van der Waals surface area contributed by atoms with E-state index >= 15 is 0 Å². The number of aryl methyl sites for hydroxylation is 1. The number of nitrogens with zero attached hydrogens (tertiary/aromatic N) is 1. The van der Waals surface area contributed by atoms with Crippen LogP contribution in [0.15, 0.2) is 48.6 Å². The van der Waals surface area contributed by atoms with Crippen LogP contribution in [-0.2, 0) is 26.6 Å². The number of aliphatic hydroxyl groups excluding tert-OH is 1. The van der Waals surface area contributed by atoms with Crippen LogP contribution in [0.2, 0.25) is 5.02 Å². The molecule has 8 nitrogen and oxygen atoms in total. The first kappa shape index (κ1) is 31.4. The smallest absolute Gasteiger partial charge is 0.264 e. The summed E-state index contributed by atoms with van der Waals surface area (Å²) in [5, 5.41) is 11.1. The SMILES string of the molecule is CO[C@H](C)C[C@H]1CC/C=C/[C@H](O)[C@@H]2CC[C@H]2CN2C[C@@]3(CCCc4cc(Cl)ccc43)COc3ccc(cc32)C(=O)NS1(=O)=O. The molecule has 2 N–H and O–H groups in total. The van der Waals surface area contributed by atoms with E-state index in [1.807, 2.05) is 25.1 Å². The Kier molecular flexibility index (Phi) is 9.03. The minimum absolute atomic E-state index is 0.111. The average molecular weight is 643 g/mol. The summed E-state index contributed by atoms with van der Waals surface area (Å²) >= 11 is 6.40. The lowest BCUT2D eigenvalue weighted by Crippen LogP contribution is -2.49. The number of amides is 1. The van der Waals surface area contributed by atoms with Crippen molar-refractivity contribution in [2.24, 2.45) is 11.8 Å². The van der Waals surface area contributed by atoms with E-state index in [-0.39, 0.29) is 35.3 Å². The van der Waals surface area contributed by atoms with Crippen LogP contribution in [0.4, 0.5) is 5.69 Å². The van der Waals surface area contributed by atoms with Gasteiger partial charge in [0, 0.05) is 36.2 Å². The Morgan fingerprint density at radius 3 is 2.82 bits per heavy atom. The highest BCUT2D eigenvalue weighted by atomic mass is 35.5. The van der Waals surface area contributed by atoms with Gasteiger partial charge in [-0.15, -0.1) is 0 Å². The lowest BCUT2D eigenvalue weighted by molar-refractivity contribution is 0.0456. The third kappa shape index (κ3) is 6.26. The molecule has 0 saturated heterocycles. The van der Waals surface area contributed by atoms with Crippen LogP contribution < -0.4 is 14.4 Å². The minimum Gasteiger partial charge on any atom is -0.490 e. The number of halogens is 1. The highest BCUT2D eigenvalue weighted by molar-refractivity contribution is 7.90. The molecule has 2 bridgehead atoms. The van der Waals surface area contributed by atoms with Gasteiger partial charge in [0.2, 0.25) is 10.0 Å². The van der Waals surface area contributed by atoms with Crippen LogP contribution >= 0.6 is 11.6 Å². The molecule has 4 aliphatic rings. The van der Waals surface area contributed by atoms with Crippen molar-refractivity contribution in [3.05, 3.63) is 70.3 Å². The summed E-state index contributed by atoms with van der Waals surface area (Å²) in [6, 6.07) is 11.4. The van der Waals surface area contributed by atoms with Crippen molar-refractivity contribution < 1.29 is 27.8 Å². The van der Waals surface area contributed by atoms with Crippen molar-refractivity contribution in [3.63, 3.8) is 0 Å². The number of anilines is 1. The number of aliphatic hydroxyl groups is 1. The lowest BCUT2D eigenvalue weighted by atomic mass is 9.68. The number of ether oxygens (including phenoxy) is 2. The molecule has 10 heteroatoms. The summed E-state index contributed by atoms with van der Waals surface area (Å²) < 4.78 is 41.3. The van der Waals surface area contributed by atoms with Crippen molar-refractivity contribution in [1.29, 1.82) is 0 Å². The third-order valence-corrected chi connectivity index (χ3v) is 12.3. The number of sulfonamides is 1. The fourth-order valence-corrected chi connectivity index (χ4v) is 9.32. The number of fused-ring (bicyclic) bond motifs is 4. The first-order chi connectivity index (χ1) is 21.1. The number of allylic oxidation sites excluding steroid dienone is 1. The van der Waals surface area contributed by atoms with Gasteiger partial charge in [-0.05, 0) is 112 Å². The summed E-state index contributed by atoms with van der Waals surface area (Å²) in [4.78, 5) is 15.8. The molecule has 1 fully saturated rings. The van der Waals surface area contributed by atoms with Crippen LogP contribution in [0, 0.1) is 11.8 Å².